The predicted octanol–water partition coefficient (Wildman–Crippen LogP) is 6.52. The van der Waals surface area contributed by atoms with Gasteiger partial charge in [0.1, 0.15) is 11.5 Å². The molecule has 0 atom stereocenters. The monoisotopic (exact) mass is 343 g/mol. The van der Waals surface area contributed by atoms with Crippen LogP contribution < -0.4 is 10.5 Å². The molecule has 1 aliphatic rings. The molecule has 0 aliphatic heterocycles. The van der Waals surface area contributed by atoms with Crippen molar-refractivity contribution in [2.45, 2.75) is 0 Å². The first kappa shape index (κ1) is 14.4. The molecule has 3 heteroatoms. The SMILES string of the molecule is Nc1ccccc1Oc1cc2c(cc1Cl)-c1cccc3cccc-2c13. The summed E-state index contributed by atoms with van der Waals surface area (Å²) in [5, 5.41) is 3.08. The lowest BCUT2D eigenvalue weighted by molar-refractivity contribution is 0.485. The van der Waals surface area contributed by atoms with Crippen LogP contribution in [0.3, 0.4) is 0 Å². The summed E-state index contributed by atoms with van der Waals surface area (Å²) in [6.45, 7) is 0. The zero-order valence-corrected chi connectivity index (χ0v) is 14.0. The van der Waals surface area contributed by atoms with E-state index in [1.165, 1.54) is 21.9 Å². The fraction of sp³-hybridized carbons (Fsp3) is 0. The molecule has 0 radical (unpaired) electrons. The molecule has 120 valence electrons. The van der Waals surface area contributed by atoms with Crippen molar-refractivity contribution in [2.75, 3.05) is 5.73 Å². The molecule has 0 aromatic heterocycles. The van der Waals surface area contributed by atoms with Crippen LogP contribution in [0.5, 0.6) is 11.5 Å². The van der Waals surface area contributed by atoms with E-state index in [1.807, 2.05) is 36.4 Å². The van der Waals surface area contributed by atoms with Gasteiger partial charge in [0.2, 0.25) is 0 Å². The number of fused-ring (bicyclic) bond motifs is 3. The van der Waals surface area contributed by atoms with E-state index in [2.05, 4.69) is 36.4 Å². The number of halogens is 1. The second-order valence-electron chi connectivity index (χ2n) is 6.18. The third kappa shape index (κ3) is 2.11. The van der Waals surface area contributed by atoms with Crippen molar-refractivity contribution >= 4 is 28.1 Å². The fourth-order valence-electron chi connectivity index (χ4n) is 3.56. The van der Waals surface area contributed by atoms with Gasteiger partial charge in [-0.25, -0.2) is 0 Å². The Morgan fingerprint density at radius 2 is 1.36 bits per heavy atom. The summed E-state index contributed by atoms with van der Waals surface area (Å²) in [7, 11) is 0. The molecule has 25 heavy (non-hydrogen) atoms. The summed E-state index contributed by atoms with van der Waals surface area (Å²) in [4.78, 5) is 0. The third-order valence-corrected chi connectivity index (χ3v) is 4.99. The van der Waals surface area contributed by atoms with Crippen LogP contribution in [-0.4, -0.2) is 0 Å². The van der Waals surface area contributed by atoms with E-state index in [9.17, 15) is 0 Å². The normalized spacial score (nSPS) is 11.6. The summed E-state index contributed by atoms with van der Waals surface area (Å²) in [5.74, 6) is 1.22. The van der Waals surface area contributed by atoms with Gasteiger partial charge in [-0.05, 0) is 57.3 Å². The highest BCUT2D eigenvalue weighted by atomic mass is 35.5. The Morgan fingerprint density at radius 1 is 0.680 bits per heavy atom. The molecule has 0 spiro atoms. The van der Waals surface area contributed by atoms with Gasteiger partial charge in [-0.2, -0.15) is 0 Å². The molecular formula is C22H14ClNO. The van der Waals surface area contributed by atoms with Crippen molar-refractivity contribution in [3.63, 3.8) is 0 Å². The van der Waals surface area contributed by atoms with E-state index in [1.54, 1.807) is 0 Å². The Bertz CT molecular complexity index is 1140. The molecule has 0 heterocycles. The van der Waals surface area contributed by atoms with Gasteiger partial charge < -0.3 is 10.5 Å². The quantitative estimate of drug-likeness (QED) is 0.370. The van der Waals surface area contributed by atoms with Gasteiger partial charge in [-0.3, -0.25) is 0 Å². The Labute approximate surface area is 150 Å². The molecular weight excluding hydrogens is 330 g/mol. The Kier molecular flexibility index (Phi) is 3.03. The van der Waals surface area contributed by atoms with Crippen LogP contribution in [0.4, 0.5) is 5.69 Å². The first-order valence-corrected chi connectivity index (χ1v) is 8.48. The standard InChI is InChI=1S/C22H14ClNO/c23-18-11-16-14-7-3-5-13-6-4-8-15(22(13)14)17(16)12-21(18)25-20-10-2-1-9-19(20)24/h1-12H,24H2. The summed E-state index contributed by atoms with van der Waals surface area (Å²) in [6.07, 6.45) is 0. The maximum absolute atomic E-state index is 6.52. The topological polar surface area (TPSA) is 35.2 Å². The minimum absolute atomic E-state index is 0.576. The van der Waals surface area contributed by atoms with Crippen LogP contribution in [0.2, 0.25) is 5.02 Å². The molecule has 0 fully saturated rings. The van der Waals surface area contributed by atoms with E-state index in [4.69, 9.17) is 22.1 Å². The second kappa shape index (κ2) is 5.27. The van der Waals surface area contributed by atoms with Crippen molar-refractivity contribution in [3.8, 4) is 33.8 Å². The molecule has 4 aromatic carbocycles. The van der Waals surface area contributed by atoms with Gasteiger partial charge in [0.05, 0.1) is 10.7 Å². The van der Waals surface area contributed by atoms with Gasteiger partial charge in [-0.15, -0.1) is 0 Å². The molecule has 0 unspecified atom stereocenters. The summed E-state index contributed by atoms with van der Waals surface area (Å²) < 4.78 is 6.00. The van der Waals surface area contributed by atoms with Gasteiger partial charge in [0.25, 0.3) is 0 Å². The van der Waals surface area contributed by atoms with Crippen molar-refractivity contribution in [3.05, 3.63) is 77.8 Å². The highest BCUT2D eigenvalue weighted by molar-refractivity contribution is 6.33. The van der Waals surface area contributed by atoms with Crippen LogP contribution in [-0.2, 0) is 0 Å². The molecule has 0 saturated carbocycles. The first-order chi connectivity index (χ1) is 12.2. The van der Waals surface area contributed by atoms with Crippen molar-refractivity contribution < 1.29 is 4.74 Å². The number of rotatable bonds is 2. The number of hydrogen-bond acceptors (Lipinski definition) is 2. The predicted molar refractivity (Wildman–Crippen MR) is 104 cm³/mol. The number of hydrogen-bond donors (Lipinski definition) is 1. The minimum Gasteiger partial charge on any atom is -0.454 e. The Balaban J connectivity index is 1.71. The van der Waals surface area contributed by atoms with Crippen LogP contribution in [0.1, 0.15) is 0 Å². The average molecular weight is 344 g/mol. The lowest BCUT2D eigenvalue weighted by Crippen LogP contribution is -1.92. The van der Waals surface area contributed by atoms with E-state index >= 15 is 0 Å². The number of nitrogen functional groups attached to an aromatic ring is 1. The second-order valence-corrected chi connectivity index (χ2v) is 6.58. The number of anilines is 1. The van der Waals surface area contributed by atoms with E-state index < -0.39 is 0 Å². The van der Waals surface area contributed by atoms with Crippen molar-refractivity contribution in [1.82, 2.24) is 0 Å². The average Bonchev–Trinajstić information content (AvgIpc) is 2.93. The number of nitrogens with two attached hydrogens (primary N) is 1. The van der Waals surface area contributed by atoms with Gasteiger partial charge in [-0.1, -0.05) is 60.1 Å². The van der Waals surface area contributed by atoms with Crippen molar-refractivity contribution in [1.29, 1.82) is 0 Å². The molecule has 0 amide bonds. The highest BCUT2D eigenvalue weighted by Crippen LogP contribution is 2.50. The molecule has 0 saturated heterocycles. The van der Waals surface area contributed by atoms with Gasteiger partial charge in [0.15, 0.2) is 0 Å². The molecule has 0 bridgehead atoms. The smallest absolute Gasteiger partial charge is 0.150 e. The van der Waals surface area contributed by atoms with E-state index in [-0.39, 0.29) is 0 Å². The van der Waals surface area contributed by atoms with Crippen LogP contribution >= 0.6 is 11.6 Å². The lowest BCUT2D eigenvalue weighted by Gasteiger charge is -2.12. The maximum Gasteiger partial charge on any atom is 0.150 e. The van der Waals surface area contributed by atoms with Crippen LogP contribution in [0, 0.1) is 0 Å². The molecule has 1 aliphatic carbocycles. The highest BCUT2D eigenvalue weighted by Gasteiger charge is 2.23. The largest absolute Gasteiger partial charge is 0.454 e. The summed E-state index contributed by atoms with van der Waals surface area (Å²) >= 11 is 6.52. The Hall–Kier alpha value is -2.97. The van der Waals surface area contributed by atoms with Crippen LogP contribution in [0.15, 0.2) is 72.8 Å². The van der Waals surface area contributed by atoms with E-state index in [0.29, 0.717) is 22.2 Å². The van der Waals surface area contributed by atoms with Crippen LogP contribution in [0.25, 0.3) is 33.0 Å². The van der Waals surface area contributed by atoms with Crippen molar-refractivity contribution in [2.24, 2.45) is 0 Å². The summed E-state index contributed by atoms with van der Waals surface area (Å²) in [5.41, 5.74) is 11.3. The zero-order chi connectivity index (χ0) is 17.0. The number of benzene rings is 4. The van der Waals surface area contributed by atoms with Gasteiger partial charge in [0, 0.05) is 0 Å². The zero-order valence-electron chi connectivity index (χ0n) is 13.3. The number of ether oxygens (including phenoxy) is 1. The Morgan fingerprint density at radius 3 is 2.08 bits per heavy atom. The molecule has 4 aromatic rings. The van der Waals surface area contributed by atoms with E-state index in [0.717, 1.165) is 11.1 Å². The molecule has 2 nitrogen and oxygen atoms in total. The van der Waals surface area contributed by atoms with Gasteiger partial charge >= 0.3 is 0 Å². The first-order valence-electron chi connectivity index (χ1n) is 8.11. The lowest BCUT2D eigenvalue weighted by atomic mass is 10.0. The maximum atomic E-state index is 6.52. The fourth-order valence-corrected chi connectivity index (χ4v) is 3.76. The molecule has 5 rings (SSSR count). The minimum atomic E-state index is 0.576. The summed E-state index contributed by atoms with van der Waals surface area (Å²) in [6, 6.07) is 24.2. The third-order valence-electron chi connectivity index (χ3n) is 4.70. The number of para-hydroxylation sites is 2. The molecule has 2 N–H and O–H groups in total.